The van der Waals surface area contributed by atoms with Gasteiger partial charge in [0.05, 0.1) is 12.2 Å². The van der Waals surface area contributed by atoms with E-state index in [1.165, 1.54) is 38.8 Å². The minimum atomic E-state index is 0.00275. The lowest BCUT2D eigenvalue weighted by molar-refractivity contribution is 0.185. The monoisotopic (exact) mass is 304 g/mol. The van der Waals surface area contributed by atoms with Crippen LogP contribution in [0.25, 0.3) is 0 Å². The Morgan fingerprint density at radius 1 is 1.27 bits per heavy atom. The summed E-state index contributed by atoms with van der Waals surface area (Å²) in [7, 11) is 0. The molecule has 0 aliphatic carbocycles. The predicted molar refractivity (Wildman–Crippen MR) is 88.6 cm³/mol. The third kappa shape index (κ3) is 5.64. The number of nitrogens with one attached hydrogen (secondary N) is 1. The number of rotatable bonds is 6. The van der Waals surface area contributed by atoms with Gasteiger partial charge in [0.2, 0.25) is 0 Å². The Labute approximate surface area is 133 Å². The van der Waals surface area contributed by atoms with E-state index in [1.807, 2.05) is 30.0 Å². The fourth-order valence-electron chi connectivity index (χ4n) is 2.81. The number of likely N-dealkylation sites (N-methyl/N-ethyl adjacent to an activating group) is 1. The van der Waals surface area contributed by atoms with Crippen molar-refractivity contribution in [1.82, 2.24) is 20.1 Å². The molecule has 0 atom stereocenters. The highest BCUT2D eigenvalue weighted by atomic mass is 16.2. The van der Waals surface area contributed by atoms with E-state index < -0.39 is 0 Å². The lowest BCUT2D eigenvalue weighted by Crippen LogP contribution is -2.43. The zero-order valence-corrected chi connectivity index (χ0v) is 13.6. The molecular weight excluding hydrogens is 276 g/mol. The molecule has 0 bridgehead atoms. The summed E-state index contributed by atoms with van der Waals surface area (Å²) < 4.78 is 0. The van der Waals surface area contributed by atoms with E-state index in [1.54, 1.807) is 6.20 Å². The first-order chi connectivity index (χ1) is 10.8. The highest BCUT2D eigenvalue weighted by molar-refractivity contribution is 5.74. The molecule has 0 spiro atoms. The van der Waals surface area contributed by atoms with Gasteiger partial charge in [-0.3, -0.25) is 4.98 Å². The van der Waals surface area contributed by atoms with Gasteiger partial charge in [0.1, 0.15) is 0 Å². The van der Waals surface area contributed by atoms with Gasteiger partial charge in [-0.1, -0.05) is 18.9 Å². The molecule has 5 nitrogen and oxygen atoms in total. The van der Waals surface area contributed by atoms with E-state index in [0.29, 0.717) is 6.54 Å². The summed E-state index contributed by atoms with van der Waals surface area (Å²) in [5.41, 5.74) is 0.888. The molecule has 1 N–H and O–H groups in total. The number of carbonyl (C=O) groups is 1. The number of likely N-dealkylation sites (tertiary alicyclic amines) is 1. The van der Waals surface area contributed by atoms with Crippen molar-refractivity contribution in [2.45, 2.75) is 39.2 Å². The fourth-order valence-corrected chi connectivity index (χ4v) is 2.81. The molecule has 122 valence electrons. The van der Waals surface area contributed by atoms with Crippen LogP contribution in [0.3, 0.4) is 0 Å². The average Bonchev–Trinajstić information content (AvgIpc) is 2.83. The zero-order valence-electron chi connectivity index (χ0n) is 13.6. The topological polar surface area (TPSA) is 48.5 Å². The predicted octanol–water partition coefficient (Wildman–Crippen LogP) is 2.49. The van der Waals surface area contributed by atoms with Crippen LogP contribution in [0, 0.1) is 0 Å². The Morgan fingerprint density at radius 3 is 2.68 bits per heavy atom. The van der Waals surface area contributed by atoms with Gasteiger partial charge < -0.3 is 15.1 Å². The normalized spacial score (nSPS) is 16.0. The molecule has 2 amide bonds. The van der Waals surface area contributed by atoms with Crippen LogP contribution in [0.4, 0.5) is 4.79 Å². The summed E-state index contributed by atoms with van der Waals surface area (Å²) in [6.45, 7) is 7.38. The van der Waals surface area contributed by atoms with Crippen LogP contribution in [0.1, 0.15) is 38.3 Å². The summed E-state index contributed by atoms with van der Waals surface area (Å²) in [5, 5.41) is 2.96. The molecule has 22 heavy (non-hydrogen) atoms. The molecule has 1 fully saturated rings. The molecule has 1 saturated heterocycles. The summed E-state index contributed by atoms with van der Waals surface area (Å²) in [6, 6.07) is 5.74. The Kier molecular flexibility index (Phi) is 7.16. The van der Waals surface area contributed by atoms with Crippen LogP contribution in [-0.4, -0.2) is 53.5 Å². The Bertz CT molecular complexity index is 430. The average molecular weight is 304 g/mol. The molecule has 2 rings (SSSR count). The number of pyridine rings is 1. The van der Waals surface area contributed by atoms with Crippen LogP contribution < -0.4 is 5.32 Å². The fraction of sp³-hybridized carbons (Fsp3) is 0.647. The Morgan fingerprint density at radius 2 is 2.05 bits per heavy atom. The van der Waals surface area contributed by atoms with Gasteiger partial charge in [0, 0.05) is 25.8 Å². The van der Waals surface area contributed by atoms with E-state index in [0.717, 1.165) is 25.3 Å². The molecule has 1 aromatic heterocycles. The van der Waals surface area contributed by atoms with Crippen molar-refractivity contribution in [3.05, 3.63) is 30.1 Å². The number of hydrogen-bond acceptors (Lipinski definition) is 3. The molecular formula is C17H28N4O. The van der Waals surface area contributed by atoms with Gasteiger partial charge in [0.25, 0.3) is 0 Å². The third-order valence-electron chi connectivity index (χ3n) is 4.20. The number of amides is 2. The second-order valence-electron chi connectivity index (χ2n) is 5.82. The molecule has 0 radical (unpaired) electrons. The van der Waals surface area contributed by atoms with Gasteiger partial charge in [-0.15, -0.1) is 0 Å². The van der Waals surface area contributed by atoms with Crippen molar-refractivity contribution >= 4 is 6.03 Å². The van der Waals surface area contributed by atoms with Crippen LogP contribution >= 0.6 is 0 Å². The highest BCUT2D eigenvalue weighted by Gasteiger charge is 2.14. The van der Waals surface area contributed by atoms with E-state index in [2.05, 4.69) is 15.2 Å². The lowest BCUT2D eigenvalue weighted by atomic mass is 10.2. The number of hydrogen-bond donors (Lipinski definition) is 1. The Balaban J connectivity index is 1.73. The van der Waals surface area contributed by atoms with Gasteiger partial charge >= 0.3 is 6.03 Å². The van der Waals surface area contributed by atoms with Crippen LogP contribution in [0.2, 0.25) is 0 Å². The van der Waals surface area contributed by atoms with Crippen LogP contribution in [-0.2, 0) is 6.54 Å². The molecule has 1 aromatic rings. The van der Waals surface area contributed by atoms with Gasteiger partial charge in [-0.2, -0.15) is 0 Å². The first-order valence-corrected chi connectivity index (χ1v) is 8.44. The smallest absolute Gasteiger partial charge is 0.317 e. The quantitative estimate of drug-likeness (QED) is 0.878. The van der Waals surface area contributed by atoms with Crippen LogP contribution in [0.15, 0.2) is 24.4 Å². The van der Waals surface area contributed by atoms with Crippen molar-refractivity contribution in [3.8, 4) is 0 Å². The van der Waals surface area contributed by atoms with Crippen molar-refractivity contribution in [1.29, 1.82) is 0 Å². The van der Waals surface area contributed by atoms with Gasteiger partial charge in [0.15, 0.2) is 0 Å². The molecule has 2 heterocycles. The summed E-state index contributed by atoms with van der Waals surface area (Å²) in [4.78, 5) is 20.9. The first kappa shape index (κ1) is 16.7. The largest absolute Gasteiger partial charge is 0.332 e. The molecule has 0 unspecified atom stereocenters. The third-order valence-corrected chi connectivity index (χ3v) is 4.20. The van der Waals surface area contributed by atoms with Gasteiger partial charge in [-0.05, 0) is 45.0 Å². The molecule has 0 saturated carbocycles. The maximum Gasteiger partial charge on any atom is 0.317 e. The van der Waals surface area contributed by atoms with Gasteiger partial charge in [-0.25, -0.2) is 4.79 Å². The SMILES string of the molecule is CCN(CCN1CCCCCC1)C(=O)NCc1ccccn1. The number of aromatic nitrogens is 1. The van der Waals surface area contributed by atoms with Crippen molar-refractivity contribution in [2.24, 2.45) is 0 Å². The number of nitrogens with zero attached hydrogens (tertiary/aromatic N) is 3. The van der Waals surface area contributed by atoms with E-state index in [9.17, 15) is 4.79 Å². The zero-order chi connectivity index (χ0) is 15.6. The second kappa shape index (κ2) is 9.41. The minimum Gasteiger partial charge on any atom is -0.332 e. The molecule has 5 heteroatoms. The minimum absolute atomic E-state index is 0.00275. The lowest BCUT2D eigenvalue weighted by Gasteiger charge is -2.26. The highest BCUT2D eigenvalue weighted by Crippen LogP contribution is 2.09. The number of carbonyl (C=O) groups excluding carboxylic acids is 1. The van der Waals surface area contributed by atoms with Crippen LogP contribution in [0.5, 0.6) is 0 Å². The molecule has 0 aromatic carbocycles. The van der Waals surface area contributed by atoms with E-state index in [-0.39, 0.29) is 6.03 Å². The number of urea groups is 1. The van der Waals surface area contributed by atoms with E-state index in [4.69, 9.17) is 0 Å². The summed E-state index contributed by atoms with van der Waals surface area (Å²) in [5.74, 6) is 0. The molecule has 1 aliphatic rings. The van der Waals surface area contributed by atoms with Crippen molar-refractivity contribution < 1.29 is 4.79 Å². The maximum atomic E-state index is 12.3. The second-order valence-corrected chi connectivity index (χ2v) is 5.82. The van der Waals surface area contributed by atoms with Crippen molar-refractivity contribution in [3.63, 3.8) is 0 Å². The maximum absolute atomic E-state index is 12.3. The summed E-state index contributed by atoms with van der Waals surface area (Å²) >= 11 is 0. The van der Waals surface area contributed by atoms with E-state index >= 15 is 0 Å². The Hall–Kier alpha value is -1.62. The van der Waals surface area contributed by atoms with Crippen molar-refractivity contribution in [2.75, 3.05) is 32.7 Å². The molecule has 1 aliphatic heterocycles. The summed E-state index contributed by atoms with van der Waals surface area (Å²) in [6.07, 6.45) is 7.02. The standard InChI is InChI=1S/C17H28N4O/c1-2-21(14-13-20-11-7-3-4-8-12-20)17(22)19-15-16-9-5-6-10-18-16/h5-6,9-10H,2-4,7-8,11-15H2,1H3,(H,19,22). The first-order valence-electron chi connectivity index (χ1n) is 8.44.